The van der Waals surface area contributed by atoms with Gasteiger partial charge in [0, 0.05) is 24.1 Å². The summed E-state index contributed by atoms with van der Waals surface area (Å²) >= 11 is 0. The Morgan fingerprint density at radius 2 is 1.96 bits per heavy atom. The van der Waals surface area contributed by atoms with Crippen molar-refractivity contribution in [3.05, 3.63) is 54.2 Å². The molecule has 1 aromatic heterocycles. The second-order valence-corrected chi connectivity index (χ2v) is 6.10. The maximum Gasteiger partial charge on any atom is 0.118 e. The standard InChI is InChI=1S/C19H20N4O/c1-14-9-10-22(21-14)17-6-5-16-12-20-23(19(16)11-17)13-15-3-7-18(24-2)8-4-15/h3-8,11-12H,9-10,13H2,1-2H3. The second kappa shape index (κ2) is 6.00. The lowest BCUT2D eigenvalue weighted by atomic mass is 10.2. The van der Waals surface area contributed by atoms with Crippen LogP contribution < -0.4 is 9.75 Å². The maximum atomic E-state index is 5.22. The molecule has 4 rings (SSSR count). The van der Waals surface area contributed by atoms with Crippen molar-refractivity contribution < 1.29 is 4.74 Å². The summed E-state index contributed by atoms with van der Waals surface area (Å²) in [5.41, 5.74) is 4.63. The highest BCUT2D eigenvalue weighted by molar-refractivity contribution is 5.87. The Labute approximate surface area is 141 Å². The molecule has 0 saturated carbocycles. The monoisotopic (exact) mass is 320 g/mol. The molecule has 0 N–H and O–H groups in total. The number of hydrogen-bond donors (Lipinski definition) is 0. The van der Waals surface area contributed by atoms with E-state index in [9.17, 15) is 0 Å². The number of methoxy groups -OCH3 is 1. The first-order valence-corrected chi connectivity index (χ1v) is 8.13. The highest BCUT2D eigenvalue weighted by atomic mass is 16.5. The summed E-state index contributed by atoms with van der Waals surface area (Å²) in [5.74, 6) is 0.869. The molecule has 24 heavy (non-hydrogen) atoms. The predicted octanol–water partition coefficient (Wildman–Crippen LogP) is 3.68. The Hall–Kier alpha value is -2.82. The summed E-state index contributed by atoms with van der Waals surface area (Å²) in [6, 6.07) is 14.5. The SMILES string of the molecule is COc1ccc(Cn2ncc3ccc(N4CCC(C)=N4)cc32)cc1. The van der Waals surface area contributed by atoms with Crippen molar-refractivity contribution in [3.63, 3.8) is 0 Å². The maximum absolute atomic E-state index is 5.22. The van der Waals surface area contributed by atoms with E-state index in [0.717, 1.165) is 41.9 Å². The molecule has 0 atom stereocenters. The van der Waals surface area contributed by atoms with Gasteiger partial charge < -0.3 is 4.74 Å². The summed E-state index contributed by atoms with van der Waals surface area (Å²) in [6.07, 6.45) is 2.95. The molecule has 0 amide bonds. The van der Waals surface area contributed by atoms with Crippen LogP contribution in [-0.4, -0.2) is 29.1 Å². The van der Waals surface area contributed by atoms with E-state index in [1.54, 1.807) is 7.11 Å². The van der Waals surface area contributed by atoms with Crippen LogP contribution >= 0.6 is 0 Å². The summed E-state index contributed by atoms with van der Waals surface area (Å²) in [5, 5.41) is 12.4. The fourth-order valence-electron chi connectivity index (χ4n) is 3.01. The van der Waals surface area contributed by atoms with Gasteiger partial charge in [0.15, 0.2) is 0 Å². The van der Waals surface area contributed by atoms with Gasteiger partial charge in [-0.05, 0) is 42.8 Å². The van der Waals surface area contributed by atoms with E-state index in [0.29, 0.717) is 0 Å². The summed E-state index contributed by atoms with van der Waals surface area (Å²) in [7, 11) is 1.68. The van der Waals surface area contributed by atoms with Crippen LogP contribution in [0.25, 0.3) is 10.9 Å². The van der Waals surface area contributed by atoms with Gasteiger partial charge in [0.05, 0.1) is 31.1 Å². The Balaban J connectivity index is 1.65. The van der Waals surface area contributed by atoms with Gasteiger partial charge in [-0.1, -0.05) is 12.1 Å². The van der Waals surface area contributed by atoms with Gasteiger partial charge in [0.25, 0.3) is 0 Å². The minimum absolute atomic E-state index is 0.735. The molecule has 2 heterocycles. The highest BCUT2D eigenvalue weighted by Crippen LogP contribution is 2.25. The number of hydrogen-bond acceptors (Lipinski definition) is 4. The first kappa shape index (κ1) is 14.8. The lowest BCUT2D eigenvalue weighted by Crippen LogP contribution is -2.11. The van der Waals surface area contributed by atoms with Crippen molar-refractivity contribution in [2.24, 2.45) is 5.10 Å². The number of benzene rings is 2. The molecule has 3 aromatic rings. The highest BCUT2D eigenvalue weighted by Gasteiger charge is 2.14. The minimum atomic E-state index is 0.735. The van der Waals surface area contributed by atoms with Gasteiger partial charge in [0.2, 0.25) is 0 Å². The van der Waals surface area contributed by atoms with Crippen molar-refractivity contribution in [2.75, 3.05) is 18.7 Å². The van der Waals surface area contributed by atoms with Gasteiger partial charge in [-0.2, -0.15) is 10.2 Å². The first-order chi connectivity index (χ1) is 11.7. The summed E-state index contributed by atoms with van der Waals surface area (Å²) < 4.78 is 7.25. The zero-order chi connectivity index (χ0) is 16.5. The van der Waals surface area contributed by atoms with E-state index >= 15 is 0 Å². The van der Waals surface area contributed by atoms with Gasteiger partial charge >= 0.3 is 0 Å². The number of anilines is 1. The zero-order valence-electron chi connectivity index (χ0n) is 13.9. The van der Waals surface area contributed by atoms with E-state index in [2.05, 4.69) is 52.5 Å². The molecule has 2 aromatic carbocycles. The lowest BCUT2D eigenvalue weighted by Gasteiger charge is -2.14. The molecule has 122 valence electrons. The van der Waals surface area contributed by atoms with Crippen molar-refractivity contribution in [1.29, 1.82) is 0 Å². The van der Waals surface area contributed by atoms with Crippen LogP contribution in [0.5, 0.6) is 5.75 Å². The predicted molar refractivity (Wildman–Crippen MR) is 96.9 cm³/mol. The van der Waals surface area contributed by atoms with E-state index in [-0.39, 0.29) is 0 Å². The first-order valence-electron chi connectivity index (χ1n) is 8.13. The minimum Gasteiger partial charge on any atom is -0.497 e. The largest absolute Gasteiger partial charge is 0.497 e. The molecule has 0 radical (unpaired) electrons. The fraction of sp³-hybridized carbons (Fsp3) is 0.263. The Morgan fingerprint density at radius 3 is 2.67 bits per heavy atom. The number of aromatic nitrogens is 2. The number of hydrazone groups is 1. The number of nitrogens with zero attached hydrogens (tertiary/aromatic N) is 4. The second-order valence-electron chi connectivity index (χ2n) is 6.10. The van der Waals surface area contributed by atoms with Gasteiger partial charge in [0.1, 0.15) is 5.75 Å². The number of rotatable bonds is 4. The van der Waals surface area contributed by atoms with E-state index < -0.39 is 0 Å². The molecule has 0 aliphatic carbocycles. The van der Waals surface area contributed by atoms with Crippen molar-refractivity contribution >= 4 is 22.3 Å². The van der Waals surface area contributed by atoms with Crippen LogP contribution in [0.1, 0.15) is 18.9 Å². The van der Waals surface area contributed by atoms with Crippen molar-refractivity contribution in [2.45, 2.75) is 19.9 Å². The Kier molecular flexibility index (Phi) is 3.69. The van der Waals surface area contributed by atoms with Crippen molar-refractivity contribution in [3.8, 4) is 5.75 Å². The van der Waals surface area contributed by atoms with Gasteiger partial charge in [-0.15, -0.1) is 0 Å². The fourth-order valence-corrected chi connectivity index (χ4v) is 3.01. The topological polar surface area (TPSA) is 42.6 Å². The molecule has 5 nitrogen and oxygen atoms in total. The Morgan fingerprint density at radius 1 is 1.12 bits per heavy atom. The van der Waals surface area contributed by atoms with E-state index in [1.807, 2.05) is 23.0 Å². The van der Waals surface area contributed by atoms with Crippen LogP contribution in [-0.2, 0) is 6.54 Å². The van der Waals surface area contributed by atoms with Crippen LogP contribution in [0.4, 0.5) is 5.69 Å². The third-order valence-corrected chi connectivity index (χ3v) is 4.39. The van der Waals surface area contributed by atoms with E-state index in [1.165, 1.54) is 11.3 Å². The molecule has 0 unspecified atom stereocenters. The average molecular weight is 320 g/mol. The van der Waals surface area contributed by atoms with Crippen molar-refractivity contribution in [1.82, 2.24) is 9.78 Å². The molecule has 0 spiro atoms. The molecule has 5 heteroatoms. The molecular formula is C19H20N4O. The Bertz CT molecular complexity index is 895. The smallest absolute Gasteiger partial charge is 0.118 e. The van der Waals surface area contributed by atoms with Crippen LogP contribution in [0.3, 0.4) is 0 Å². The molecule has 0 fully saturated rings. The van der Waals surface area contributed by atoms with Gasteiger partial charge in [-0.25, -0.2) is 0 Å². The van der Waals surface area contributed by atoms with Crippen LogP contribution in [0.15, 0.2) is 53.8 Å². The molecule has 0 bridgehead atoms. The molecular weight excluding hydrogens is 300 g/mol. The van der Waals surface area contributed by atoms with E-state index in [4.69, 9.17) is 4.74 Å². The molecule has 1 aliphatic heterocycles. The molecule has 1 aliphatic rings. The normalized spacial score (nSPS) is 14.2. The third-order valence-electron chi connectivity index (χ3n) is 4.39. The zero-order valence-corrected chi connectivity index (χ0v) is 13.9. The number of fused-ring (bicyclic) bond motifs is 1. The number of ether oxygens (including phenoxy) is 1. The van der Waals surface area contributed by atoms with Crippen LogP contribution in [0, 0.1) is 0 Å². The third kappa shape index (κ3) is 2.73. The summed E-state index contributed by atoms with van der Waals surface area (Å²) in [4.78, 5) is 0. The molecule has 0 saturated heterocycles. The van der Waals surface area contributed by atoms with Crippen LogP contribution in [0.2, 0.25) is 0 Å². The summed E-state index contributed by atoms with van der Waals surface area (Å²) in [6.45, 7) is 3.76. The van der Waals surface area contributed by atoms with Gasteiger partial charge in [-0.3, -0.25) is 9.69 Å². The quantitative estimate of drug-likeness (QED) is 0.736. The lowest BCUT2D eigenvalue weighted by molar-refractivity contribution is 0.414. The average Bonchev–Trinajstić information content (AvgIpc) is 3.22.